The largest absolute Gasteiger partial charge is 0.465 e. The molecule has 2 rings (SSSR count). The van der Waals surface area contributed by atoms with Crippen molar-refractivity contribution in [1.29, 1.82) is 0 Å². The van der Waals surface area contributed by atoms with Crippen molar-refractivity contribution < 1.29 is 9.53 Å². The van der Waals surface area contributed by atoms with E-state index in [1.165, 1.54) is 18.1 Å². The number of esters is 1. The third kappa shape index (κ3) is 1.72. The van der Waals surface area contributed by atoms with Gasteiger partial charge in [0.15, 0.2) is 5.82 Å². The standard InChI is InChI=1S/C10H10N4O2/c1-16-10(15)7-4-2-3-5-8(7)14-12-6-9(11)13-14/h2-6H,1H3,(H2,11,13). The lowest BCUT2D eigenvalue weighted by molar-refractivity contribution is 0.0600. The first-order chi connectivity index (χ1) is 7.72. The molecule has 0 amide bonds. The van der Waals surface area contributed by atoms with Gasteiger partial charge in [0.1, 0.15) is 5.69 Å². The molecule has 82 valence electrons. The maximum atomic E-state index is 11.5. The summed E-state index contributed by atoms with van der Waals surface area (Å²) in [4.78, 5) is 12.8. The SMILES string of the molecule is COC(=O)c1ccccc1-n1ncc(N)n1. The Balaban J connectivity index is 2.52. The van der Waals surface area contributed by atoms with Gasteiger partial charge in [-0.15, -0.1) is 9.90 Å². The number of anilines is 1. The number of rotatable bonds is 2. The summed E-state index contributed by atoms with van der Waals surface area (Å²) < 4.78 is 4.67. The maximum Gasteiger partial charge on any atom is 0.340 e. The second-order valence-electron chi connectivity index (χ2n) is 3.07. The van der Waals surface area contributed by atoms with E-state index in [4.69, 9.17) is 5.73 Å². The quantitative estimate of drug-likeness (QED) is 0.748. The molecular weight excluding hydrogens is 208 g/mol. The first kappa shape index (κ1) is 10.2. The van der Waals surface area contributed by atoms with Gasteiger partial charge in [0.05, 0.1) is 18.9 Å². The van der Waals surface area contributed by atoms with Gasteiger partial charge in [0.2, 0.25) is 0 Å². The van der Waals surface area contributed by atoms with Crippen LogP contribution < -0.4 is 5.73 Å². The van der Waals surface area contributed by atoms with Crippen LogP contribution in [-0.4, -0.2) is 28.1 Å². The number of ether oxygens (including phenoxy) is 1. The molecule has 1 aromatic heterocycles. The second kappa shape index (κ2) is 4.01. The molecule has 2 aromatic rings. The summed E-state index contributed by atoms with van der Waals surface area (Å²) in [5.74, 6) is -0.147. The number of nitrogens with zero attached hydrogens (tertiary/aromatic N) is 3. The van der Waals surface area contributed by atoms with Crippen LogP contribution in [0, 0.1) is 0 Å². The van der Waals surface area contributed by atoms with Crippen LogP contribution >= 0.6 is 0 Å². The zero-order valence-corrected chi connectivity index (χ0v) is 8.62. The third-order valence-electron chi connectivity index (χ3n) is 2.03. The molecular formula is C10H10N4O2. The highest BCUT2D eigenvalue weighted by Crippen LogP contribution is 2.13. The minimum Gasteiger partial charge on any atom is -0.465 e. The van der Waals surface area contributed by atoms with E-state index in [0.29, 0.717) is 17.1 Å². The lowest BCUT2D eigenvalue weighted by Crippen LogP contribution is -2.09. The van der Waals surface area contributed by atoms with Crippen molar-refractivity contribution in [3.8, 4) is 5.69 Å². The highest BCUT2D eigenvalue weighted by Gasteiger charge is 2.13. The molecule has 16 heavy (non-hydrogen) atoms. The summed E-state index contributed by atoms with van der Waals surface area (Å²) >= 11 is 0. The Labute approximate surface area is 91.6 Å². The Morgan fingerprint density at radius 1 is 1.44 bits per heavy atom. The Morgan fingerprint density at radius 3 is 2.81 bits per heavy atom. The van der Waals surface area contributed by atoms with E-state index in [1.807, 2.05) is 0 Å². The zero-order valence-electron chi connectivity index (χ0n) is 8.62. The Bertz CT molecular complexity index is 521. The van der Waals surface area contributed by atoms with Gasteiger partial charge in [-0.1, -0.05) is 12.1 Å². The maximum absolute atomic E-state index is 11.5. The second-order valence-corrected chi connectivity index (χ2v) is 3.07. The fraction of sp³-hybridized carbons (Fsp3) is 0.100. The molecule has 0 spiro atoms. The highest BCUT2D eigenvalue weighted by atomic mass is 16.5. The minimum absolute atomic E-state index is 0.291. The molecule has 0 saturated carbocycles. The summed E-state index contributed by atoms with van der Waals surface area (Å²) in [6.45, 7) is 0. The number of carbonyl (C=O) groups is 1. The van der Waals surface area contributed by atoms with Crippen molar-refractivity contribution in [2.45, 2.75) is 0 Å². The van der Waals surface area contributed by atoms with Crippen molar-refractivity contribution in [3.05, 3.63) is 36.0 Å². The smallest absolute Gasteiger partial charge is 0.340 e. The summed E-state index contributed by atoms with van der Waals surface area (Å²) in [6, 6.07) is 6.87. The van der Waals surface area contributed by atoms with Crippen LogP contribution in [0.15, 0.2) is 30.5 Å². The molecule has 0 aliphatic carbocycles. The van der Waals surface area contributed by atoms with Crippen LogP contribution in [0.2, 0.25) is 0 Å². The van der Waals surface area contributed by atoms with Gasteiger partial charge >= 0.3 is 5.97 Å². The van der Waals surface area contributed by atoms with E-state index >= 15 is 0 Å². The third-order valence-corrected chi connectivity index (χ3v) is 2.03. The molecule has 6 nitrogen and oxygen atoms in total. The average molecular weight is 218 g/mol. The van der Waals surface area contributed by atoms with Crippen LogP contribution in [0.3, 0.4) is 0 Å². The van der Waals surface area contributed by atoms with Gasteiger partial charge in [-0.25, -0.2) is 4.79 Å². The van der Waals surface area contributed by atoms with Gasteiger partial charge in [-0.05, 0) is 12.1 Å². The van der Waals surface area contributed by atoms with Crippen LogP contribution in [0.1, 0.15) is 10.4 Å². The topological polar surface area (TPSA) is 83.0 Å². The molecule has 1 heterocycles. The fourth-order valence-corrected chi connectivity index (χ4v) is 1.32. The Kier molecular flexibility index (Phi) is 2.55. The zero-order chi connectivity index (χ0) is 11.5. The molecule has 0 radical (unpaired) electrons. The van der Waals surface area contributed by atoms with Crippen molar-refractivity contribution >= 4 is 11.8 Å². The number of hydrogen-bond donors (Lipinski definition) is 1. The normalized spacial score (nSPS) is 10.1. The molecule has 0 saturated heterocycles. The van der Waals surface area contributed by atoms with Crippen molar-refractivity contribution in [2.24, 2.45) is 0 Å². The number of benzene rings is 1. The summed E-state index contributed by atoms with van der Waals surface area (Å²) in [5, 5.41) is 7.87. The van der Waals surface area contributed by atoms with Crippen molar-refractivity contribution in [2.75, 3.05) is 12.8 Å². The summed E-state index contributed by atoms with van der Waals surface area (Å²) in [6.07, 6.45) is 1.41. The molecule has 6 heteroatoms. The molecule has 0 atom stereocenters. The van der Waals surface area contributed by atoms with Crippen LogP contribution in [0.4, 0.5) is 5.82 Å². The number of para-hydroxylation sites is 1. The molecule has 0 bridgehead atoms. The monoisotopic (exact) mass is 218 g/mol. The number of hydrogen-bond acceptors (Lipinski definition) is 5. The number of nitrogens with two attached hydrogens (primary N) is 1. The summed E-state index contributed by atoms with van der Waals surface area (Å²) in [5.41, 5.74) is 6.39. The first-order valence-electron chi connectivity index (χ1n) is 4.58. The van der Waals surface area contributed by atoms with Gasteiger partial charge in [-0.3, -0.25) is 0 Å². The van der Waals surface area contributed by atoms with Crippen LogP contribution in [0.25, 0.3) is 5.69 Å². The van der Waals surface area contributed by atoms with E-state index in [9.17, 15) is 4.79 Å². The van der Waals surface area contributed by atoms with Crippen molar-refractivity contribution in [3.63, 3.8) is 0 Å². The first-order valence-corrected chi connectivity index (χ1v) is 4.58. The Morgan fingerprint density at radius 2 is 2.19 bits per heavy atom. The molecule has 2 N–H and O–H groups in total. The molecule has 0 aliphatic rings. The predicted octanol–water partition coefficient (Wildman–Crippen LogP) is 0.636. The van der Waals surface area contributed by atoms with E-state index in [-0.39, 0.29) is 0 Å². The number of methoxy groups -OCH3 is 1. The van der Waals surface area contributed by atoms with Gasteiger partial charge in [0, 0.05) is 0 Å². The average Bonchev–Trinajstić information content (AvgIpc) is 2.75. The highest BCUT2D eigenvalue weighted by molar-refractivity contribution is 5.93. The van der Waals surface area contributed by atoms with Gasteiger partial charge in [-0.2, -0.15) is 5.10 Å². The van der Waals surface area contributed by atoms with E-state index in [2.05, 4.69) is 14.9 Å². The van der Waals surface area contributed by atoms with E-state index in [0.717, 1.165) is 0 Å². The van der Waals surface area contributed by atoms with Crippen LogP contribution in [0.5, 0.6) is 0 Å². The minimum atomic E-state index is -0.438. The molecule has 1 aromatic carbocycles. The summed E-state index contributed by atoms with van der Waals surface area (Å²) in [7, 11) is 1.32. The van der Waals surface area contributed by atoms with Gasteiger partial charge < -0.3 is 10.5 Å². The lowest BCUT2D eigenvalue weighted by Gasteiger charge is -2.05. The molecule has 0 aliphatic heterocycles. The fourth-order valence-electron chi connectivity index (χ4n) is 1.32. The lowest BCUT2D eigenvalue weighted by atomic mass is 10.2. The van der Waals surface area contributed by atoms with E-state index in [1.54, 1.807) is 24.3 Å². The predicted molar refractivity (Wildman–Crippen MR) is 57.1 cm³/mol. The number of nitrogen functional groups attached to an aromatic ring is 1. The number of aromatic nitrogens is 3. The number of carbonyl (C=O) groups excluding carboxylic acids is 1. The van der Waals surface area contributed by atoms with Crippen molar-refractivity contribution in [1.82, 2.24) is 15.0 Å². The molecule has 0 fully saturated rings. The molecule has 0 unspecified atom stereocenters. The van der Waals surface area contributed by atoms with Gasteiger partial charge in [0.25, 0.3) is 0 Å². The van der Waals surface area contributed by atoms with E-state index < -0.39 is 5.97 Å². The van der Waals surface area contributed by atoms with Crippen LogP contribution in [-0.2, 0) is 4.74 Å². The Hall–Kier alpha value is -2.37.